The van der Waals surface area contributed by atoms with Crippen LogP contribution in [-0.4, -0.2) is 19.9 Å². The summed E-state index contributed by atoms with van der Waals surface area (Å²) in [6.45, 7) is 0. The maximum absolute atomic E-state index is 4.35. The van der Waals surface area contributed by atoms with Crippen molar-refractivity contribution in [2.45, 2.75) is 0 Å². The summed E-state index contributed by atoms with van der Waals surface area (Å²) in [6.07, 6.45) is 7.21. The van der Waals surface area contributed by atoms with Crippen molar-refractivity contribution in [1.29, 1.82) is 0 Å². The molecule has 4 aromatic heterocycles. The summed E-state index contributed by atoms with van der Waals surface area (Å²) < 4.78 is 0. The van der Waals surface area contributed by atoms with E-state index in [1.165, 1.54) is 0 Å². The zero-order chi connectivity index (χ0) is 32.9. The van der Waals surface area contributed by atoms with Crippen LogP contribution in [0.15, 0.2) is 219 Å². The number of hydrogen-bond donors (Lipinski definition) is 0. The Balaban J connectivity index is 0.000000173. The first-order chi connectivity index (χ1) is 23.9. The smallest absolute Gasteiger partial charge is 0.254 e. The summed E-state index contributed by atoms with van der Waals surface area (Å²) in [5.41, 5.74) is 3.91. The van der Waals surface area contributed by atoms with Gasteiger partial charge in [0.25, 0.3) is 0 Å². The molecule has 6 heteroatoms. The van der Waals surface area contributed by atoms with E-state index < -0.39 is 0 Å². The molecule has 50 heavy (non-hydrogen) atoms. The molecular weight excluding hydrogens is 694 g/mol. The molecule has 0 spiro atoms. The number of hydrogen-bond acceptors (Lipinski definition) is 4. The van der Waals surface area contributed by atoms with Crippen LogP contribution < -0.4 is 0 Å². The van der Waals surface area contributed by atoms with Crippen LogP contribution in [-0.2, 0) is 34.1 Å². The van der Waals surface area contributed by atoms with Crippen LogP contribution in [0.1, 0.15) is 0 Å². The van der Waals surface area contributed by atoms with Gasteiger partial charge in [0.2, 0.25) is 0 Å². The van der Waals surface area contributed by atoms with Gasteiger partial charge in [0, 0.05) is 46.3 Å². The molecule has 0 aliphatic heterocycles. The fourth-order valence-corrected chi connectivity index (χ4v) is 4.64. The van der Waals surface area contributed by atoms with Gasteiger partial charge in [0.15, 0.2) is 0 Å². The van der Waals surface area contributed by atoms with Crippen molar-refractivity contribution < 1.29 is 34.1 Å². The molecule has 0 aliphatic carbocycles. The van der Waals surface area contributed by atoms with Gasteiger partial charge in [-0.2, -0.15) is 72.8 Å². The van der Waals surface area contributed by atoms with Crippen LogP contribution in [0.5, 0.6) is 0 Å². The zero-order valence-corrected chi connectivity index (χ0v) is 29.7. The molecule has 10 rings (SSSR count). The minimum Gasteiger partial charge on any atom is -0.254 e. The molecule has 246 valence electrons. The van der Waals surface area contributed by atoms with Crippen molar-refractivity contribution >= 4 is 43.6 Å². The van der Waals surface area contributed by atoms with Crippen LogP contribution in [0.4, 0.5) is 0 Å². The maximum Gasteiger partial charge on any atom is 2.00 e. The van der Waals surface area contributed by atoms with Gasteiger partial charge in [-0.3, -0.25) is 19.9 Å². The Bertz CT molecular complexity index is 1850. The Morgan fingerprint density at radius 3 is 0.620 bits per heavy atom. The van der Waals surface area contributed by atoms with Crippen molar-refractivity contribution in [3.63, 3.8) is 0 Å². The molecule has 0 bridgehead atoms. The predicted octanol–water partition coefficient (Wildman–Crippen LogP) is 11.2. The molecule has 0 fully saturated rings. The monoisotopic (exact) mass is 730 g/mol. The van der Waals surface area contributed by atoms with Gasteiger partial charge >= 0.3 is 34.1 Å². The van der Waals surface area contributed by atoms with E-state index in [1.54, 1.807) is 24.8 Å². The summed E-state index contributed by atoms with van der Waals surface area (Å²) in [6, 6.07) is 64.3. The van der Waals surface area contributed by atoms with Crippen LogP contribution in [0.3, 0.4) is 0 Å². The molecule has 4 heterocycles. The van der Waals surface area contributed by atoms with E-state index >= 15 is 0 Å². The molecule has 0 aliphatic rings. The van der Waals surface area contributed by atoms with Crippen molar-refractivity contribution in [2.24, 2.45) is 0 Å². The van der Waals surface area contributed by atoms with Gasteiger partial charge < -0.3 is 0 Å². The molecule has 0 N–H and O–H groups in total. The molecule has 0 saturated carbocycles. The van der Waals surface area contributed by atoms with Gasteiger partial charge in [0.1, 0.15) is 0 Å². The van der Waals surface area contributed by atoms with Gasteiger partial charge in [-0.15, -0.1) is 0 Å². The number of aromatic nitrogens is 4. The third-order valence-electron chi connectivity index (χ3n) is 6.91. The second-order valence-corrected chi connectivity index (χ2v) is 10.3. The van der Waals surface area contributed by atoms with Crippen molar-refractivity contribution in [3.05, 3.63) is 219 Å². The first kappa shape index (κ1) is 39.0. The van der Waals surface area contributed by atoms with E-state index in [9.17, 15) is 0 Å². The van der Waals surface area contributed by atoms with Crippen LogP contribution >= 0.6 is 0 Å². The molecule has 0 atom stereocenters. The van der Waals surface area contributed by atoms with Crippen molar-refractivity contribution in [3.8, 4) is 0 Å². The van der Waals surface area contributed by atoms with Crippen molar-refractivity contribution in [2.75, 3.05) is 0 Å². The minimum atomic E-state index is 0. The number of benzene rings is 2. The summed E-state index contributed by atoms with van der Waals surface area (Å²) in [5.74, 6) is 0. The quantitative estimate of drug-likeness (QED) is 0.0886. The third-order valence-corrected chi connectivity index (χ3v) is 6.91. The number of rotatable bonds is 0. The average Bonchev–Trinajstić information content (AvgIpc) is 4.01. The van der Waals surface area contributed by atoms with Gasteiger partial charge in [-0.1, -0.05) is 48.5 Å². The van der Waals surface area contributed by atoms with E-state index in [4.69, 9.17) is 0 Å². The molecular formula is C44H36Mn2N4. The van der Waals surface area contributed by atoms with E-state index in [0.717, 1.165) is 43.6 Å². The van der Waals surface area contributed by atoms with Crippen molar-refractivity contribution in [1.82, 2.24) is 19.9 Å². The summed E-state index contributed by atoms with van der Waals surface area (Å²) >= 11 is 0. The molecule has 0 amide bonds. The van der Waals surface area contributed by atoms with E-state index in [0.29, 0.717) is 0 Å². The minimum absolute atomic E-state index is 0. The van der Waals surface area contributed by atoms with Gasteiger partial charge in [0.05, 0.1) is 22.1 Å². The normalized spacial score (nSPS) is 9.28. The Labute approximate surface area is 315 Å². The first-order valence-corrected chi connectivity index (χ1v) is 15.7. The molecule has 0 unspecified atom stereocenters. The summed E-state index contributed by atoms with van der Waals surface area (Å²) in [5, 5.41) is 4.55. The van der Waals surface area contributed by atoms with Crippen LogP contribution in [0, 0.1) is 0 Å². The second kappa shape index (κ2) is 23.0. The van der Waals surface area contributed by atoms with E-state index in [1.807, 2.05) is 146 Å². The molecule has 0 saturated heterocycles. The third kappa shape index (κ3) is 12.5. The number of pyridine rings is 4. The van der Waals surface area contributed by atoms with Crippen LogP contribution in [0.2, 0.25) is 0 Å². The topological polar surface area (TPSA) is 51.6 Å². The Hall–Kier alpha value is -5.48. The molecule has 2 radical (unpaired) electrons. The molecule has 6 aromatic carbocycles. The van der Waals surface area contributed by atoms with Gasteiger partial charge in [-0.05, 0) is 24.3 Å². The number of fused-ring (bicyclic) bond motifs is 6. The first-order valence-electron chi connectivity index (χ1n) is 15.7. The Morgan fingerprint density at radius 2 is 0.460 bits per heavy atom. The van der Waals surface area contributed by atoms with Crippen LogP contribution in [0.25, 0.3) is 43.6 Å². The number of nitrogens with zero attached hydrogens (tertiary/aromatic N) is 4. The Kier molecular flexibility index (Phi) is 17.9. The maximum atomic E-state index is 4.35. The standard InChI is InChI=1S/2C12H8N2.4C5H5.2Mn/c2*1-3-9-5-6-10-4-2-8-14-12(10)11(9)13-7-1;4*1-2-4-5-3-1;;/h2*1-8H;4*1-5H;;/q;;4*-1;2*+2. The largest absolute Gasteiger partial charge is 2.00 e. The average molecular weight is 731 g/mol. The summed E-state index contributed by atoms with van der Waals surface area (Å²) in [7, 11) is 0. The molecule has 4 nitrogen and oxygen atoms in total. The molecule has 10 aromatic rings. The zero-order valence-electron chi connectivity index (χ0n) is 27.3. The van der Waals surface area contributed by atoms with E-state index in [2.05, 4.69) is 68.5 Å². The predicted molar refractivity (Wildman–Crippen MR) is 202 cm³/mol. The fraction of sp³-hybridized carbons (Fsp3) is 0. The van der Waals surface area contributed by atoms with Gasteiger partial charge in [-0.25, -0.2) is 48.5 Å². The summed E-state index contributed by atoms with van der Waals surface area (Å²) in [4.78, 5) is 17.4. The fourth-order valence-electron chi connectivity index (χ4n) is 4.64. The Morgan fingerprint density at radius 1 is 0.260 bits per heavy atom. The van der Waals surface area contributed by atoms with E-state index in [-0.39, 0.29) is 34.1 Å². The second-order valence-electron chi connectivity index (χ2n) is 10.3. The SMILES string of the molecule is [Mn+2].[Mn+2].c1cc[cH-]c1.c1cc[cH-]c1.c1cc[cH-]c1.c1cc[cH-]c1.c1cnc2c(c1)ccc1cccnc12.c1cnc2c(c1)ccc1cccnc12.